The number of alkyl halides is 3. The van der Waals surface area contributed by atoms with Crippen molar-refractivity contribution in [1.82, 2.24) is 15.5 Å². The molecule has 0 spiro atoms. The van der Waals surface area contributed by atoms with E-state index >= 15 is 0 Å². The Labute approximate surface area is 94.0 Å². The zero-order valence-electron chi connectivity index (χ0n) is 8.41. The Morgan fingerprint density at radius 2 is 2.19 bits per heavy atom. The first-order chi connectivity index (χ1) is 7.52. The molecular formula is C8H10F3N3OS. The van der Waals surface area contributed by atoms with Crippen LogP contribution in [-0.4, -0.2) is 34.7 Å². The Hall–Kier alpha value is -0.760. The summed E-state index contributed by atoms with van der Waals surface area (Å²) < 4.78 is 41.5. The van der Waals surface area contributed by atoms with E-state index in [0.29, 0.717) is 5.75 Å². The van der Waals surface area contributed by atoms with Crippen molar-refractivity contribution in [2.45, 2.75) is 18.1 Å². The topological polar surface area (TPSA) is 51.0 Å². The average Bonchev–Trinajstić information content (AvgIpc) is 2.84. The van der Waals surface area contributed by atoms with Gasteiger partial charge in [0.05, 0.1) is 5.92 Å². The van der Waals surface area contributed by atoms with E-state index in [2.05, 4.69) is 20.0 Å². The predicted octanol–water partition coefficient (Wildman–Crippen LogP) is 1.51. The number of halogens is 3. The first-order valence-electron chi connectivity index (χ1n) is 4.68. The summed E-state index contributed by atoms with van der Waals surface area (Å²) in [4.78, 5) is 3.41. The molecule has 1 N–H and O–H groups in total. The minimum absolute atomic E-state index is 0.0664. The molecule has 0 radical (unpaired) electrons. The number of hydrogen-bond donors (Lipinski definition) is 1. The van der Waals surface area contributed by atoms with E-state index in [1.807, 2.05) is 0 Å². The molecule has 90 valence electrons. The highest BCUT2D eigenvalue weighted by atomic mass is 32.2. The number of thioether (sulfide) groups is 1. The first-order valence-corrected chi connectivity index (χ1v) is 5.83. The maximum absolute atomic E-state index is 12.3. The highest BCUT2D eigenvalue weighted by Gasteiger charge is 2.40. The molecule has 2 unspecified atom stereocenters. The molecule has 2 rings (SSSR count). The maximum atomic E-state index is 12.3. The van der Waals surface area contributed by atoms with Crippen molar-refractivity contribution in [2.75, 3.05) is 18.6 Å². The van der Waals surface area contributed by atoms with Crippen LogP contribution < -0.4 is 5.32 Å². The second-order valence-corrected chi connectivity index (χ2v) is 4.57. The lowest BCUT2D eigenvalue weighted by atomic mass is 10.0. The van der Waals surface area contributed by atoms with E-state index in [1.165, 1.54) is 0 Å². The zero-order valence-corrected chi connectivity index (χ0v) is 9.23. The van der Waals surface area contributed by atoms with Crippen molar-refractivity contribution in [2.24, 2.45) is 0 Å². The molecule has 4 nitrogen and oxygen atoms in total. The van der Waals surface area contributed by atoms with Crippen molar-refractivity contribution in [3.63, 3.8) is 0 Å². The minimum Gasteiger partial charge on any atom is -0.339 e. The van der Waals surface area contributed by atoms with Crippen LogP contribution in [0.3, 0.4) is 0 Å². The lowest BCUT2D eigenvalue weighted by molar-refractivity contribution is -0.146. The standard InChI is InChI=1S/C8H10F3N3OS/c1-12-5-3-16-2-4(5)6-13-7(14-15-6)8(9,10)11/h4-5,12H,2-3H2,1H3. The van der Waals surface area contributed by atoms with Gasteiger partial charge in [-0.05, 0) is 7.05 Å². The molecule has 1 aliphatic rings. The molecule has 1 aliphatic heterocycles. The molecule has 2 heterocycles. The number of hydrogen-bond acceptors (Lipinski definition) is 5. The summed E-state index contributed by atoms with van der Waals surface area (Å²) in [6.45, 7) is 0. The SMILES string of the molecule is CNC1CSCC1c1nc(C(F)(F)F)no1. The van der Waals surface area contributed by atoms with Crippen LogP contribution in [0.15, 0.2) is 4.52 Å². The summed E-state index contributed by atoms with van der Waals surface area (Å²) in [5, 5.41) is 5.98. The van der Waals surface area contributed by atoms with E-state index in [-0.39, 0.29) is 17.9 Å². The average molecular weight is 253 g/mol. The smallest absolute Gasteiger partial charge is 0.339 e. The van der Waals surface area contributed by atoms with Gasteiger partial charge in [-0.1, -0.05) is 5.16 Å². The first kappa shape index (κ1) is 11.7. The van der Waals surface area contributed by atoms with E-state index < -0.39 is 12.0 Å². The number of nitrogens with zero attached hydrogens (tertiary/aromatic N) is 2. The Bertz CT molecular complexity index is 368. The van der Waals surface area contributed by atoms with Crippen LogP contribution in [0.5, 0.6) is 0 Å². The van der Waals surface area contributed by atoms with E-state index in [0.717, 1.165) is 5.75 Å². The van der Waals surface area contributed by atoms with Gasteiger partial charge in [-0.3, -0.25) is 0 Å². The monoisotopic (exact) mass is 253 g/mol. The molecule has 0 bridgehead atoms. The third-order valence-corrected chi connectivity index (χ3v) is 3.65. The van der Waals surface area contributed by atoms with Gasteiger partial charge in [0.25, 0.3) is 5.82 Å². The quantitative estimate of drug-likeness (QED) is 0.865. The molecule has 0 aromatic carbocycles. The van der Waals surface area contributed by atoms with E-state index in [9.17, 15) is 13.2 Å². The van der Waals surface area contributed by atoms with Gasteiger partial charge < -0.3 is 9.84 Å². The summed E-state index contributed by atoms with van der Waals surface area (Å²) in [6.07, 6.45) is -4.54. The van der Waals surface area contributed by atoms with Crippen molar-refractivity contribution in [1.29, 1.82) is 0 Å². The minimum atomic E-state index is -4.54. The number of likely N-dealkylation sites (N-methyl/N-ethyl adjacent to an activating group) is 1. The molecule has 0 amide bonds. The second-order valence-electron chi connectivity index (χ2n) is 3.49. The fourth-order valence-electron chi connectivity index (χ4n) is 1.58. The van der Waals surface area contributed by atoms with E-state index in [4.69, 9.17) is 0 Å². The number of rotatable bonds is 2. The molecule has 1 aromatic heterocycles. The van der Waals surface area contributed by atoms with Gasteiger partial charge in [0.1, 0.15) is 0 Å². The molecule has 0 aliphatic carbocycles. The largest absolute Gasteiger partial charge is 0.455 e. The second kappa shape index (κ2) is 4.25. The fourth-order valence-corrected chi connectivity index (χ4v) is 3.00. The summed E-state index contributed by atoms with van der Waals surface area (Å²) in [7, 11) is 1.77. The third kappa shape index (κ3) is 2.17. The van der Waals surface area contributed by atoms with Gasteiger partial charge in [-0.25, -0.2) is 0 Å². The molecule has 16 heavy (non-hydrogen) atoms. The molecule has 0 saturated carbocycles. The number of nitrogens with one attached hydrogen (secondary N) is 1. The van der Waals surface area contributed by atoms with Gasteiger partial charge >= 0.3 is 6.18 Å². The Kier molecular flexibility index (Phi) is 3.11. The van der Waals surface area contributed by atoms with Crippen LogP contribution in [-0.2, 0) is 6.18 Å². The summed E-state index contributed by atoms with van der Waals surface area (Å²) in [5.74, 6) is 0.264. The molecular weight excluding hydrogens is 243 g/mol. The lowest BCUT2D eigenvalue weighted by Gasteiger charge is -2.13. The van der Waals surface area contributed by atoms with Gasteiger partial charge in [0.2, 0.25) is 5.89 Å². The summed E-state index contributed by atoms with van der Waals surface area (Å²) in [6, 6.07) is 0.0894. The fraction of sp³-hybridized carbons (Fsp3) is 0.750. The Balaban J connectivity index is 2.18. The third-order valence-electron chi connectivity index (χ3n) is 2.46. The van der Waals surface area contributed by atoms with Crippen molar-refractivity contribution in [3.05, 3.63) is 11.7 Å². The highest BCUT2D eigenvalue weighted by Crippen LogP contribution is 2.34. The van der Waals surface area contributed by atoms with Crippen molar-refractivity contribution in [3.8, 4) is 0 Å². The molecule has 2 atom stereocenters. The van der Waals surface area contributed by atoms with Crippen LogP contribution in [0.4, 0.5) is 13.2 Å². The van der Waals surface area contributed by atoms with Gasteiger partial charge in [-0.2, -0.15) is 29.9 Å². The highest BCUT2D eigenvalue weighted by molar-refractivity contribution is 7.99. The van der Waals surface area contributed by atoms with Crippen molar-refractivity contribution < 1.29 is 17.7 Å². The van der Waals surface area contributed by atoms with Gasteiger partial charge in [0.15, 0.2) is 0 Å². The predicted molar refractivity (Wildman–Crippen MR) is 52.2 cm³/mol. The van der Waals surface area contributed by atoms with Crippen LogP contribution in [0.25, 0.3) is 0 Å². The van der Waals surface area contributed by atoms with Gasteiger partial charge in [-0.15, -0.1) is 0 Å². The van der Waals surface area contributed by atoms with Crippen LogP contribution in [0.2, 0.25) is 0 Å². The van der Waals surface area contributed by atoms with E-state index in [1.54, 1.807) is 18.8 Å². The van der Waals surface area contributed by atoms with Crippen LogP contribution in [0.1, 0.15) is 17.6 Å². The zero-order chi connectivity index (χ0) is 11.8. The van der Waals surface area contributed by atoms with Gasteiger partial charge in [0, 0.05) is 17.5 Å². The summed E-state index contributed by atoms with van der Waals surface area (Å²) in [5.41, 5.74) is 0. The van der Waals surface area contributed by atoms with Crippen LogP contribution in [0, 0.1) is 0 Å². The molecule has 8 heteroatoms. The van der Waals surface area contributed by atoms with Crippen molar-refractivity contribution >= 4 is 11.8 Å². The normalized spacial score (nSPS) is 26.2. The Morgan fingerprint density at radius 1 is 1.44 bits per heavy atom. The van der Waals surface area contributed by atoms with Crippen LogP contribution >= 0.6 is 11.8 Å². The summed E-state index contributed by atoms with van der Waals surface area (Å²) >= 11 is 1.65. The maximum Gasteiger partial charge on any atom is 0.455 e. The number of aromatic nitrogens is 2. The Morgan fingerprint density at radius 3 is 2.75 bits per heavy atom. The molecule has 1 saturated heterocycles. The molecule has 1 aromatic rings. The lowest BCUT2D eigenvalue weighted by Crippen LogP contribution is -2.31. The molecule has 1 fully saturated rings.